The monoisotopic (exact) mass is 615 g/mol. The Morgan fingerprint density at radius 3 is 2.15 bits per heavy atom. The molecular weight excluding hydrogens is 590 g/mol. The average Bonchev–Trinajstić information content (AvgIpc) is 2.93. The van der Waals surface area contributed by atoms with Crippen LogP contribution in [-0.4, -0.2) is 37.0 Å². The van der Waals surface area contributed by atoms with Crippen LogP contribution >= 0.6 is 11.6 Å². The molecule has 4 rings (SSSR count). The van der Waals surface area contributed by atoms with E-state index in [1.807, 2.05) is 13.0 Å². The van der Waals surface area contributed by atoms with E-state index in [1.54, 1.807) is 30.3 Å². The summed E-state index contributed by atoms with van der Waals surface area (Å²) in [4.78, 5) is 12.6. The maximum Gasteiger partial charge on any atom is 0.263 e. The summed E-state index contributed by atoms with van der Waals surface area (Å²) < 4.78 is 67.2. The molecule has 0 fully saturated rings. The van der Waals surface area contributed by atoms with Crippen molar-refractivity contribution < 1.29 is 31.1 Å². The number of hydrogen-bond donors (Lipinski definition) is 3. The van der Waals surface area contributed by atoms with Gasteiger partial charge >= 0.3 is 0 Å². The molecule has 214 valence electrons. The Labute approximate surface area is 243 Å². The number of ether oxygens (including phenoxy) is 2. The lowest BCUT2D eigenvalue weighted by atomic mass is 10.2. The van der Waals surface area contributed by atoms with Crippen molar-refractivity contribution in [2.24, 2.45) is 0 Å². The summed E-state index contributed by atoms with van der Waals surface area (Å²) in [6.45, 7) is 1.83. The maximum absolute atomic E-state index is 13.0. The fourth-order valence-electron chi connectivity index (χ4n) is 3.79. The zero-order valence-electron chi connectivity index (χ0n) is 22.1. The second-order valence-electron chi connectivity index (χ2n) is 8.77. The van der Waals surface area contributed by atoms with Crippen LogP contribution < -0.4 is 24.2 Å². The molecule has 0 bridgehead atoms. The molecule has 0 aliphatic rings. The zero-order valence-corrected chi connectivity index (χ0v) is 24.5. The molecule has 1 amide bonds. The summed E-state index contributed by atoms with van der Waals surface area (Å²) in [7, 11) is -5.24. The number of anilines is 3. The quantitative estimate of drug-likeness (QED) is 0.213. The Hall–Kier alpha value is -4.26. The van der Waals surface area contributed by atoms with Crippen LogP contribution in [0, 0.1) is 6.92 Å². The predicted molar refractivity (Wildman–Crippen MR) is 158 cm³/mol. The molecular formula is C28H26ClN3O7S2. The van der Waals surface area contributed by atoms with Crippen molar-refractivity contribution in [3.63, 3.8) is 0 Å². The number of rotatable bonds is 10. The van der Waals surface area contributed by atoms with E-state index in [9.17, 15) is 21.6 Å². The van der Waals surface area contributed by atoms with Gasteiger partial charge in [0.15, 0.2) is 0 Å². The average molecular weight is 616 g/mol. The van der Waals surface area contributed by atoms with E-state index in [0.717, 1.165) is 5.56 Å². The first-order chi connectivity index (χ1) is 19.4. The number of carbonyl (C=O) groups is 1. The molecule has 0 atom stereocenters. The number of halogens is 1. The van der Waals surface area contributed by atoms with Gasteiger partial charge in [-0.3, -0.25) is 14.2 Å². The van der Waals surface area contributed by atoms with Gasteiger partial charge in [0.25, 0.3) is 26.0 Å². The number of amides is 1. The lowest BCUT2D eigenvalue weighted by Gasteiger charge is -2.14. The van der Waals surface area contributed by atoms with Crippen LogP contribution in [0.3, 0.4) is 0 Å². The predicted octanol–water partition coefficient (Wildman–Crippen LogP) is 5.52. The van der Waals surface area contributed by atoms with Crippen molar-refractivity contribution in [3.05, 3.63) is 101 Å². The third kappa shape index (κ3) is 7.09. The summed E-state index contributed by atoms with van der Waals surface area (Å²) in [6, 6.07) is 20.8. The second-order valence-corrected chi connectivity index (χ2v) is 12.5. The molecule has 0 aliphatic heterocycles. The van der Waals surface area contributed by atoms with E-state index in [-0.39, 0.29) is 31.8 Å². The summed E-state index contributed by atoms with van der Waals surface area (Å²) in [5, 5.41) is 2.57. The van der Waals surface area contributed by atoms with E-state index in [4.69, 9.17) is 21.1 Å². The van der Waals surface area contributed by atoms with Crippen molar-refractivity contribution in [2.45, 2.75) is 16.7 Å². The van der Waals surface area contributed by atoms with Crippen molar-refractivity contribution >= 4 is 54.6 Å². The zero-order chi connectivity index (χ0) is 29.8. The Morgan fingerprint density at radius 2 is 1.49 bits per heavy atom. The molecule has 3 N–H and O–H groups in total. The SMILES string of the molecule is COc1ccc(OC)c(NS(=O)(=O)c2ccc(NC(=O)c3ccc(Cl)c(S(=O)(=O)Nc4cccc(C)c4)c3)cc2)c1. The van der Waals surface area contributed by atoms with E-state index >= 15 is 0 Å². The molecule has 0 radical (unpaired) electrons. The van der Waals surface area contributed by atoms with Crippen LogP contribution in [0.5, 0.6) is 11.5 Å². The molecule has 0 spiro atoms. The number of sulfonamides is 2. The highest BCUT2D eigenvalue weighted by Crippen LogP contribution is 2.31. The molecule has 4 aromatic rings. The van der Waals surface area contributed by atoms with Crippen LogP contribution in [-0.2, 0) is 20.0 Å². The second kappa shape index (κ2) is 12.1. The molecule has 0 saturated heterocycles. The van der Waals surface area contributed by atoms with Crippen LogP contribution in [0.4, 0.5) is 17.1 Å². The van der Waals surface area contributed by atoms with Gasteiger partial charge in [0.05, 0.1) is 29.8 Å². The lowest BCUT2D eigenvalue weighted by molar-refractivity contribution is 0.102. The Kier molecular flexibility index (Phi) is 8.76. The number of nitrogens with one attached hydrogen (secondary N) is 3. The van der Waals surface area contributed by atoms with Crippen LogP contribution in [0.1, 0.15) is 15.9 Å². The molecule has 10 nitrogen and oxygen atoms in total. The van der Waals surface area contributed by atoms with Gasteiger partial charge in [0, 0.05) is 23.0 Å². The van der Waals surface area contributed by atoms with E-state index in [2.05, 4.69) is 14.8 Å². The summed E-state index contributed by atoms with van der Waals surface area (Å²) in [5.74, 6) is 0.117. The van der Waals surface area contributed by atoms with Gasteiger partial charge in [-0.05, 0) is 79.2 Å². The molecule has 0 aromatic heterocycles. The molecule has 0 saturated carbocycles. The minimum atomic E-state index is -4.10. The van der Waals surface area contributed by atoms with Crippen molar-refractivity contribution in [2.75, 3.05) is 29.0 Å². The molecule has 13 heteroatoms. The Balaban J connectivity index is 1.51. The summed E-state index contributed by atoms with van der Waals surface area (Å²) in [5.41, 5.74) is 1.71. The first-order valence-electron chi connectivity index (χ1n) is 12.0. The van der Waals surface area contributed by atoms with Crippen LogP contribution in [0.2, 0.25) is 5.02 Å². The maximum atomic E-state index is 13.0. The minimum absolute atomic E-state index is 0.0301. The first kappa shape index (κ1) is 29.7. The van der Waals surface area contributed by atoms with Crippen molar-refractivity contribution in [1.29, 1.82) is 0 Å². The Bertz CT molecular complexity index is 1810. The number of methoxy groups -OCH3 is 2. The number of aryl methyl sites for hydroxylation is 1. The fourth-order valence-corrected chi connectivity index (χ4v) is 6.43. The lowest BCUT2D eigenvalue weighted by Crippen LogP contribution is -2.17. The van der Waals surface area contributed by atoms with Crippen LogP contribution in [0.25, 0.3) is 0 Å². The molecule has 0 heterocycles. The van der Waals surface area contributed by atoms with Crippen molar-refractivity contribution in [3.8, 4) is 11.5 Å². The Morgan fingerprint density at radius 1 is 0.756 bits per heavy atom. The van der Waals surface area contributed by atoms with Gasteiger partial charge in [-0.2, -0.15) is 0 Å². The van der Waals surface area contributed by atoms with E-state index < -0.39 is 26.0 Å². The number of benzene rings is 4. The van der Waals surface area contributed by atoms with E-state index in [1.165, 1.54) is 62.8 Å². The van der Waals surface area contributed by atoms with Crippen LogP contribution in [0.15, 0.2) is 94.7 Å². The highest BCUT2D eigenvalue weighted by atomic mass is 35.5. The van der Waals surface area contributed by atoms with Gasteiger partial charge in [0.2, 0.25) is 0 Å². The third-order valence-corrected chi connectivity index (χ3v) is 9.07. The minimum Gasteiger partial charge on any atom is -0.497 e. The highest BCUT2D eigenvalue weighted by Gasteiger charge is 2.21. The summed E-state index contributed by atoms with van der Waals surface area (Å²) >= 11 is 6.17. The number of carbonyl (C=O) groups excluding carboxylic acids is 1. The highest BCUT2D eigenvalue weighted by molar-refractivity contribution is 7.93. The molecule has 41 heavy (non-hydrogen) atoms. The largest absolute Gasteiger partial charge is 0.497 e. The smallest absolute Gasteiger partial charge is 0.263 e. The third-order valence-electron chi connectivity index (χ3n) is 5.83. The normalized spacial score (nSPS) is 11.4. The standard InChI is InChI=1S/C28H26ClN3O7S2/c1-18-5-4-6-21(15-18)31-41(36,37)27-16-19(7-13-24(27)29)28(33)30-20-8-11-23(12-9-20)40(34,35)32-25-17-22(38-2)10-14-26(25)39-3/h4-17,31-32H,1-3H3,(H,30,33). The summed E-state index contributed by atoms with van der Waals surface area (Å²) in [6.07, 6.45) is 0. The van der Waals surface area contributed by atoms with Gasteiger partial charge in [-0.25, -0.2) is 16.8 Å². The fraction of sp³-hybridized carbons (Fsp3) is 0.107. The van der Waals surface area contributed by atoms with Gasteiger partial charge in [0.1, 0.15) is 16.4 Å². The van der Waals surface area contributed by atoms with Crippen molar-refractivity contribution in [1.82, 2.24) is 0 Å². The number of hydrogen-bond acceptors (Lipinski definition) is 7. The van der Waals surface area contributed by atoms with Gasteiger partial charge in [-0.15, -0.1) is 0 Å². The molecule has 0 aliphatic carbocycles. The van der Waals surface area contributed by atoms with Gasteiger partial charge in [-0.1, -0.05) is 23.7 Å². The topological polar surface area (TPSA) is 140 Å². The van der Waals surface area contributed by atoms with E-state index in [0.29, 0.717) is 17.2 Å². The molecule has 0 unspecified atom stereocenters. The first-order valence-corrected chi connectivity index (χ1v) is 15.3. The van der Waals surface area contributed by atoms with Gasteiger partial charge < -0.3 is 14.8 Å². The molecule has 4 aromatic carbocycles.